The van der Waals surface area contributed by atoms with Crippen molar-refractivity contribution in [2.45, 2.75) is 6.92 Å². The summed E-state index contributed by atoms with van der Waals surface area (Å²) in [6.45, 7) is 6.36. The minimum absolute atomic E-state index is 0.548. The zero-order valence-corrected chi connectivity index (χ0v) is 12.7. The zero-order chi connectivity index (χ0) is 15.5. The minimum atomic E-state index is 0.548. The molecule has 0 saturated carbocycles. The lowest BCUT2D eigenvalue weighted by molar-refractivity contribution is 0.785. The van der Waals surface area contributed by atoms with Crippen molar-refractivity contribution in [2.75, 3.05) is 17.2 Å². The van der Waals surface area contributed by atoms with Gasteiger partial charge < -0.3 is 10.6 Å². The molecule has 0 bridgehead atoms. The molecule has 22 heavy (non-hydrogen) atoms. The molecular formula is C16H18N6. The third-order valence-electron chi connectivity index (χ3n) is 3.39. The van der Waals surface area contributed by atoms with E-state index in [1.54, 1.807) is 17.0 Å². The molecule has 0 radical (unpaired) electrons. The number of fused-ring (bicyclic) bond motifs is 1. The molecule has 1 aromatic carbocycles. The number of aromatic nitrogens is 4. The highest BCUT2D eigenvalue weighted by atomic mass is 15.3. The number of nitrogens with zero attached hydrogens (tertiary/aromatic N) is 4. The first-order chi connectivity index (χ1) is 10.7. The molecule has 6 heteroatoms. The summed E-state index contributed by atoms with van der Waals surface area (Å²) in [6.07, 6.45) is 3.54. The zero-order valence-electron chi connectivity index (χ0n) is 12.7. The van der Waals surface area contributed by atoms with E-state index < -0.39 is 0 Å². The van der Waals surface area contributed by atoms with E-state index in [1.165, 1.54) is 0 Å². The monoisotopic (exact) mass is 294 g/mol. The van der Waals surface area contributed by atoms with Crippen LogP contribution in [0.1, 0.15) is 5.56 Å². The second-order valence-corrected chi connectivity index (χ2v) is 5.01. The Bertz CT molecular complexity index is 821. The van der Waals surface area contributed by atoms with Crippen LogP contribution in [0, 0.1) is 6.92 Å². The molecule has 0 saturated heterocycles. The molecule has 0 aliphatic rings. The van der Waals surface area contributed by atoms with E-state index in [9.17, 15) is 0 Å². The largest absolute Gasteiger partial charge is 0.351 e. The number of hydrogen-bond donors (Lipinski definition) is 2. The Morgan fingerprint density at radius 1 is 1.27 bits per heavy atom. The van der Waals surface area contributed by atoms with Crippen LogP contribution in [0.4, 0.5) is 17.5 Å². The first kappa shape index (κ1) is 14.1. The van der Waals surface area contributed by atoms with Crippen molar-refractivity contribution < 1.29 is 0 Å². The van der Waals surface area contributed by atoms with Gasteiger partial charge in [0.2, 0.25) is 5.95 Å². The van der Waals surface area contributed by atoms with Crippen LogP contribution in [0.5, 0.6) is 0 Å². The second kappa shape index (κ2) is 5.85. The summed E-state index contributed by atoms with van der Waals surface area (Å²) in [5.41, 5.74) is 2.94. The lowest BCUT2D eigenvalue weighted by Crippen LogP contribution is -2.06. The van der Waals surface area contributed by atoms with Gasteiger partial charge in [-0.05, 0) is 18.6 Å². The van der Waals surface area contributed by atoms with Gasteiger partial charge in [-0.25, -0.2) is 0 Å². The van der Waals surface area contributed by atoms with Crippen molar-refractivity contribution in [1.82, 2.24) is 19.7 Å². The molecule has 2 N–H and O–H groups in total. The Morgan fingerprint density at radius 2 is 2.09 bits per heavy atom. The fourth-order valence-electron chi connectivity index (χ4n) is 2.20. The van der Waals surface area contributed by atoms with Gasteiger partial charge >= 0.3 is 0 Å². The molecule has 2 heterocycles. The maximum atomic E-state index is 4.55. The molecule has 0 aliphatic heterocycles. The third kappa shape index (κ3) is 2.63. The Morgan fingerprint density at radius 3 is 2.86 bits per heavy atom. The molecular weight excluding hydrogens is 276 g/mol. The maximum absolute atomic E-state index is 4.55. The minimum Gasteiger partial charge on any atom is -0.351 e. The number of anilines is 3. The van der Waals surface area contributed by atoms with E-state index in [4.69, 9.17) is 0 Å². The van der Waals surface area contributed by atoms with Crippen LogP contribution in [-0.4, -0.2) is 26.3 Å². The third-order valence-corrected chi connectivity index (χ3v) is 3.39. The van der Waals surface area contributed by atoms with Crippen molar-refractivity contribution in [3.05, 3.63) is 48.7 Å². The van der Waals surface area contributed by atoms with Crippen LogP contribution >= 0.6 is 0 Å². The molecule has 0 spiro atoms. The number of rotatable bonds is 5. The van der Waals surface area contributed by atoms with E-state index in [2.05, 4.69) is 45.3 Å². The molecule has 112 valence electrons. The molecule has 0 unspecified atom stereocenters. The summed E-state index contributed by atoms with van der Waals surface area (Å²) >= 11 is 0. The topological polar surface area (TPSA) is 67.7 Å². The predicted molar refractivity (Wildman–Crippen MR) is 89.5 cm³/mol. The first-order valence-corrected chi connectivity index (χ1v) is 7.06. The van der Waals surface area contributed by atoms with Gasteiger partial charge in [-0.1, -0.05) is 24.3 Å². The van der Waals surface area contributed by atoms with Crippen LogP contribution < -0.4 is 10.6 Å². The van der Waals surface area contributed by atoms with E-state index in [0.717, 1.165) is 28.1 Å². The highest BCUT2D eigenvalue weighted by Gasteiger charge is 2.12. The number of aryl methyl sites for hydroxylation is 2. The predicted octanol–water partition coefficient (Wildman–Crippen LogP) is 3.01. The van der Waals surface area contributed by atoms with Crippen LogP contribution in [0.15, 0.2) is 43.1 Å². The smallest absolute Gasteiger partial charge is 0.226 e. The Balaban J connectivity index is 2.06. The van der Waals surface area contributed by atoms with Crippen molar-refractivity contribution >= 4 is 28.5 Å². The van der Waals surface area contributed by atoms with Crippen LogP contribution in [-0.2, 0) is 7.05 Å². The van der Waals surface area contributed by atoms with E-state index in [1.807, 2.05) is 25.2 Å². The Kier molecular flexibility index (Phi) is 3.74. The number of hydrogen-bond acceptors (Lipinski definition) is 5. The van der Waals surface area contributed by atoms with E-state index >= 15 is 0 Å². The number of nitrogens with one attached hydrogen (secondary N) is 2. The molecule has 6 nitrogen and oxygen atoms in total. The number of para-hydroxylation sites is 1. The van der Waals surface area contributed by atoms with E-state index in [-0.39, 0.29) is 0 Å². The van der Waals surface area contributed by atoms with Crippen LogP contribution in [0.2, 0.25) is 0 Å². The summed E-state index contributed by atoms with van der Waals surface area (Å²) < 4.78 is 1.74. The molecule has 2 aromatic heterocycles. The highest BCUT2D eigenvalue weighted by molar-refractivity contribution is 5.89. The molecule has 0 amide bonds. The van der Waals surface area contributed by atoms with Gasteiger partial charge in [0.05, 0.1) is 11.6 Å². The lowest BCUT2D eigenvalue weighted by atomic mass is 10.2. The summed E-state index contributed by atoms with van der Waals surface area (Å²) in [5, 5.41) is 11.7. The normalized spacial score (nSPS) is 10.6. The van der Waals surface area contributed by atoms with Gasteiger partial charge in [0, 0.05) is 19.3 Å². The quantitative estimate of drug-likeness (QED) is 0.708. The molecule has 0 fully saturated rings. The summed E-state index contributed by atoms with van der Waals surface area (Å²) in [6, 6.07) is 8.09. The highest BCUT2D eigenvalue weighted by Crippen LogP contribution is 2.26. The summed E-state index contributed by atoms with van der Waals surface area (Å²) in [4.78, 5) is 9.04. The van der Waals surface area contributed by atoms with E-state index in [0.29, 0.717) is 12.5 Å². The Hall–Kier alpha value is -2.89. The fraction of sp³-hybridized carbons (Fsp3) is 0.188. The molecule has 0 atom stereocenters. The maximum Gasteiger partial charge on any atom is 0.226 e. The van der Waals surface area contributed by atoms with Gasteiger partial charge in [-0.2, -0.15) is 15.1 Å². The summed E-state index contributed by atoms with van der Waals surface area (Å²) in [7, 11) is 1.87. The fourth-order valence-corrected chi connectivity index (χ4v) is 2.20. The number of benzene rings is 1. The average molecular weight is 294 g/mol. The van der Waals surface area contributed by atoms with Gasteiger partial charge in [0.1, 0.15) is 5.82 Å². The molecule has 0 aliphatic carbocycles. The van der Waals surface area contributed by atoms with Crippen LogP contribution in [0.3, 0.4) is 0 Å². The van der Waals surface area contributed by atoms with Gasteiger partial charge in [-0.15, -0.1) is 6.58 Å². The average Bonchev–Trinajstić information content (AvgIpc) is 2.89. The molecule has 3 rings (SSSR count). The van der Waals surface area contributed by atoms with Crippen LogP contribution in [0.25, 0.3) is 11.0 Å². The van der Waals surface area contributed by atoms with Gasteiger partial charge in [0.15, 0.2) is 5.65 Å². The standard InChI is InChI=1S/C16H18N6/c1-4-9-17-16-20-14(12-10-18-22(3)15(12)21-16)19-13-8-6-5-7-11(13)2/h4-8,10H,1,9H2,2-3H3,(H2,17,19,20,21). The van der Waals surface area contributed by atoms with Crippen molar-refractivity contribution in [2.24, 2.45) is 7.05 Å². The van der Waals surface area contributed by atoms with Gasteiger partial charge in [0.25, 0.3) is 0 Å². The first-order valence-electron chi connectivity index (χ1n) is 7.06. The van der Waals surface area contributed by atoms with Crippen molar-refractivity contribution in [3.8, 4) is 0 Å². The van der Waals surface area contributed by atoms with Gasteiger partial charge in [-0.3, -0.25) is 4.68 Å². The van der Waals surface area contributed by atoms with Crippen molar-refractivity contribution in [3.63, 3.8) is 0 Å². The SMILES string of the molecule is C=CCNc1nc(Nc2ccccc2C)c2cnn(C)c2n1. The summed E-state index contributed by atoms with van der Waals surface area (Å²) in [5.74, 6) is 1.28. The van der Waals surface area contributed by atoms with Crippen molar-refractivity contribution in [1.29, 1.82) is 0 Å². The molecule has 3 aromatic rings. The Labute approximate surface area is 128 Å². The second-order valence-electron chi connectivity index (χ2n) is 5.01. The lowest BCUT2D eigenvalue weighted by Gasteiger charge is -2.11.